The summed E-state index contributed by atoms with van der Waals surface area (Å²) in [6.45, 7) is 5.45. The first-order valence-corrected chi connectivity index (χ1v) is 9.43. The van der Waals surface area contributed by atoms with E-state index >= 15 is 0 Å². The van der Waals surface area contributed by atoms with E-state index in [2.05, 4.69) is 9.88 Å². The molecule has 26 heavy (non-hydrogen) atoms. The highest BCUT2D eigenvalue weighted by Crippen LogP contribution is 2.44. The van der Waals surface area contributed by atoms with Crippen molar-refractivity contribution in [2.75, 3.05) is 44.3 Å². The van der Waals surface area contributed by atoms with Gasteiger partial charge in [-0.1, -0.05) is 0 Å². The summed E-state index contributed by atoms with van der Waals surface area (Å²) in [6.07, 6.45) is 2.26. The zero-order chi connectivity index (χ0) is 18.3. The van der Waals surface area contributed by atoms with Crippen molar-refractivity contribution >= 4 is 11.9 Å². The van der Waals surface area contributed by atoms with Crippen molar-refractivity contribution in [2.24, 2.45) is 0 Å². The number of nitrogens with zero attached hydrogens (tertiary/aromatic N) is 3. The van der Waals surface area contributed by atoms with Crippen LogP contribution in [-0.2, 0) is 21.4 Å². The number of carbonyl (C=O) groups excluding carboxylic acids is 1. The largest absolute Gasteiger partial charge is 0.384 e. The van der Waals surface area contributed by atoms with Crippen LogP contribution in [0.1, 0.15) is 37.4 Å². The van der Waals surface area contributed by atoms with Crippen molar-refractivity contribution < 1.29 is 14.6 Å². The molecule has 2 fully saturated rings. The number of piperidine rings is 1. The third-order valence-electron chi connectivity index (χ3n) is 6.06. The quantitative estimate of drug-likeness (QED) is 0.756. The fourth-order valence-corrected chi connectivity index (χ4v) is 4.47. The smallest absolute Gasteiger partial charge is 0.255 e. The van der Waals surface area contributed by atoms with Crippen LogP contribution in [0.15, 0.2) is 4.79 Å². The second-order valence-corrected chi connectivity index (χ2v) is 7.60. The normalized spacial score (nSPS) is 23.2. The minimum absolute atomic E-state index is 0.0316. The highest BCUT2D eigenvalue weighted by atomic mass is 16.5. The maximum Gasteiger partial charge on any atom is 0.255 e. The summed E-state index contributed by atoms with van der Waals surface area (Å²) in [7, 11) is 0. The SMILES string of the molecule is CC(O)C(=O)N1CCC2(CCc3c2nc(N2CCOCC2)[nH]c3=O)CC1. The second kappa shape index (κ2) is 6.66. The maximum atomic E-state index is 12.6. The minimum atomic E-state index is -0.964. The molecule has 1 aromatic rings. The number of aromatic nitrogens is 2. The molecule has 1 unspecified atom stereocenters. The summed E-state index contributed by atoms with van der Waals surface area (Å²) in [6, 6.07) is 0. The van der Waals surface area contributed by atoms with E-state index in [0.29, 0.717) is 32.3 Å². The van der Waals surface area contributed by atoms with Gasteiger partial charge in [0, 0.05) is 37.2 Å². The van der Waals surface area contributed by atoms with Crippen LogP contribution in [0.25, 0.3) is 0 Å². The molecule has 2 aliphatic heterocycles. The fourth-order valence-electron chi connectivity index (χ4n) is 4.47. The molecule has 2 saturated heterocycles. The molecule has 0 bridgehead atoms. The zero-order valence-corrected chi connectivity index (χ0v) is 15.2. The van der Waals surface area contributed by atoms with E-state index in [4.69, 9.17) is 9.72 Å². The summed E-state index contributed by atoms with van der Waals surface area (Å²) >= 11 is 0. The molecule has 1 aromatic heterocycles. The molecule has 3 heterocycles. The van der Waals surface area contributed by atoms with Crippen LogP contribution in [0.3, 0.4) is 0 Å². The lowest BCUT2D eigenvalue weighted by atomic mass is 9.76. The number of carbonyl (C=O) groups is 1. The molecule has 1 atom stereocenters. The van der Waals surface area contributed by atoms with Gasteiger partial charge in [0.15, 0.2) is 0 Å². The molecule has 1 spiro atoms. The highest BCUT2D eigenvalue weighted by Gasteiger charge is 2.45. The first kappa shape index (κ1) is 17.5. The average molecular weight is 362 g/mol. The number of aliphatic hydroxyl groups is 1. The first-order valence-electron chi connectivity index (χ1n) is 9.43. The third kappa shape index (κ3) is 2.91. The van der Waals surface area contributed by atoms with Gasteiger partial charge in [0.05, 0.1) is 18.9 Å². The molecule has 4 rings (SSSR count). The number of nitrogens with one attached hydrogen (secondary N) is 1. The number of aliphatic hydroxyl groups excluding tert-OH is 1. The van der Waals surface area contributed by atoms with Crippen LogP contribution in [-0.4, -0.2) is 71.4 Å². The number of amides is 1. The summed E-state index contributed by atoms with van der Waals surface area (Å²) in [5, 5.41) is 9.54. The first-order chi connectivity index (χ1) is 12.5. The Hall–Kier alpha value is -1.93. The monoisotopic (exact) mass is 362 g/mol. The molecule has 1 amide bonds. The summed E-state index contributed by atoms with van der Waals surface area (Å²) in [4.78, 5) is 36.3. The average Bonchev–Trinajstić information content (AvgIpc) is 3.01. The number of likely N-dealkylation sites (tertiary alicyclic amines) is 1. The number of fused-ring (bicyclic) bond motifs is 2. The Labute approximate surface area is 152 Å². The number of morpholine rings is 1. The topological polar surface area (TPSA) is 98.8 Å². The van der Waals surface area contributed by atoms with Gasteiger partial charge < -0.3 is 19.6 Å². The second-order valence-electron chi connectivity index (χ2n) is 7.60. The van der Waals surface area contributed by atoms with Crippen LogP contribution in [0, 0.1) is 0 Å². The van der Waals surface area contributed by atoms with Crippen molar-refractivity contribution in [3.8, 4) is 0 Å². The molecule has 8 heteroatoms. The molecule has 8 nitrogen and oxygen atoms in total. The number of hydrogen-bond donors (Lipinski definition) is 2. The van der Waals surface area contributed by atoms with Crippen LogP contribution < -0.4 is 10.5 Å². The minimum Gasteiger partial charge on any atom is -0.384 e. The van der Waals surface area contributed by atoms with E-state index in [1.807, 2.05) is 0 Å². The molecular formula is C18H26N4O4. The van der Waals surface area contributed by atoms with Gasteiger partial charge in [-0.15, -0.1) is 0 Å². The number of aromatic amines is 1. The van der Waals surface area contributed by atoms with E-state index < -0.39 is 6.10 Å². The summed E-state index contributed by atoms with van der Waals surface area (Å²) < 4.78 is 5.39. The highest BCUT2D eigenvalue weighted by molar-refractivity contribution is 5.80. The van der Waals surface area contributed by atoms with E-state index in [1.54, 1.807) is 4.90 Å². The van der Waals surface area contributed by atoms with Gasteiger partial charge in [0.1, 0.15) is 6.10 Å². The van der Waals surface area contributed by atoms with Crippen LogP contribution >= 0.6 is 0 Å². The molecule has 3 aliphatic rings. The van der Waals surface area contributed by atoms with Crippen molar-refractivity contribution in [3.63, 3.8) is 0 Å². The number of hydrogen-bond acceptors (Lipinski definition) is 6. The van der Waals surface area contributed by atoms with E-state index in [-0.39, 0.29) is 16.9 Å². The Morgan fingerprint density at radius 3 is 2.58 bits per heavy atom. The van der Waals surface area contributed by atoms with Gasteiger partial charge in [-0.05, 0) is 32.6 Å². The van der Waals surface area contributed by atoms with Gasteiger partial charge in [-0.3, -0.25) is 14.6 Å². The predicted molar refractivity (Wildman–Crippen MR) is 95.4 cm³/mol. The standard InChI is InChI=1S/C18H26N4O4/c1-12(23)16(25)21-6-4-18(5-7-21)3-2-13-14(18)19-17(20-15(13)24)22-8-10-26-11-9-22/h12,23H,2-11H2,1H3,(H,19,20,24). The van der Waals surface area contributed by atoms with Gasteiger partial charge >= 0.3 is 0 Å². The van der Waals surface area contributed by atoms with E-state index in [0.717, 1.165) is 50.0 Å². The lowest BCUT2D eigenvalue weighted by Crippen LogP contribution is -2.47. The number of rotatable bonds is 2. The maximum absolute atomic E-state index is 12.6. The molecular weight excluding hydrogens is 336 g/mol. The van der Waals surface area contributed by atoms with Gasteiger partial charge in [0.25, 0.3) is 11.5 Å². The summed E-state index contributed by atoms with van der Waals surface area (Å²) in [5.74, 6) is 0.423. The Bertz CT molecular complexity index is 746. The molecule has 1 aliphatic carbocycles. The van der Waals surface area contributed by atoms with Crippen molar-refractivity contribution in [1.82, 2.24) is 14.9 Å². The van der Waals surface area contributed by atoms with Crippen molar-refractivity contribution in [3.05, 3.63) is 21.6 Å². The van der Waals surface area contributed by atoms with Crippen molar-refractivity contribution in [1.29, 1.82) is 0 Å². The van der Waals surface area contributed by atoms with Crippen LogP contribution in [0.2, 0.25) is 0 Å². The lowest BCUT2D eigenvalue weighted by Gasteiger charge is -2.40. The van der Waals surface area contributed by atoms with E-state index in [1.165, 1.54) is 6.92 Å². The molecule has 0 aromatic carbocycles. The Morgan fingerprint density at radius 1 is 1.23 bits per heavy atom. The Kier molecular flexibility index (Phi) is 4.48. The summed E-state index contributed by atoms with van der Waals surface area (Å²) in [5.41, 5.74) is 1.57. The Balaban J connectivity index is 1.60. The van der Waals surface area contributed by atoms with Crippen LogP contribution in [0.5, 0.6) is 0 Å². The van der Waals surface area contributed by atoms with Crippen molar-refractivity contribution in [2.45, 2.75) is 44.1 Å². The lowest BCUT2D eigenvalue weighted by molar-refractivity contribution is -0.140. The molecule has 0 radical (unpaired) electrons. The zero-order valence-electron chi connectivity index (χ0n) is 15.2. The van der Waals surface area contributed by atoms with Crippen LogP contribution in [0.4, 0.5) is 5.95 Å². The third-order valence-corrected chi connectivity index (χ3v) is 6.06. The van der Waals surface area contributed by atoms with Gasteiger partial charge in [0.2, 0.25) is 5.95 Å². The Morgan fingerprint density at radius 2 is 1.92 bits per heavy atom. The van der Waals surface area contributed by atoms with E-state index in [9.17, 15) is 14.7 Å². The molecule has 0 saturated carbocycles. The van der Waals surface area contributed by atoms with Gasteiger partial charge in [-0.25, -0.2) is 4.98 Å². The number of anilines is 1. The number of H-pyrrole nitrogens is 1. The number of ether oxygens (including phenoxy) is 1. The predicted octanol–water partition coefficient (Wildman–Crippen LogP) is -0.206. The molecule has 142 valence electrons. The molecule has 2 N–H and O–H groups in total. The fraction of sp³-hybridized carbons (Fsp3) is 0.722. The van der Waals surface area contributed by atoms with Gasteiger partial charge in [-0.2, -0.15) is 0 Å².